The highest BCUT2D eigenvalue weighted by Gasteiger charge is 2.23. The molecule has 0 atom stereocenters. The number of para-hydroxylation sites is 1. The van der Waals surface area contributed by atoms with Crippen LogP contribution in [-0.4, -0.2) is 28.6 Å². The van der Waals surface area contributed by atoms with Crippen LogP contribution in [0, 0.1) is 5.82 Å². The minimum atomic E-state index is -0.963. The molecular formula is C23H18Br2FNO5. The van der Waals surface area contributed by atoms with Crippen molar-refractivity contribution in [1.82, 2.24) is 0 Å². The average Bonchev–Trinajstić information content (AvgIpc) is 2.73. The third-order valence-corrected chi connectivity index (χ3v) is 5.71. The number of aromatic hydroxyl groups is 1. The molecule has 6 nitrogen and oxygen atoms in total. The van der Waals surface area contributed by atoms with Gasteiger partial charge in [-0.25, -0.2) is 4.39 Å². The number of rotatable bonds is 7. The molecule has 0 heterocycles. The summed E-state index contributed by atoms with van der Waals surface area (Å²) in [4.78, 5) is 25.3. The lowest BCUT2D eigenvalue weighted by Crippen LogP contribution is -2.31. The molecule has 32 heavy (non-hydrogen) atoms. The number of ether oxygens (including phenoxy) is 1. The Balaban J connectivity index is 1.93. The number of hydrogen-bond acceptors (Lipinski definition) is 4. The lowest BCUT2D eigenvalue weighted by molar-refractivity contribution is -0.136. The summed E-state index contributed by atoms with van der Waals surface area (Å²) in [6, 6.07) is 13.3. The van der Waals surface area contributed by atoms with E-state index in [1.54, 1.807) is 25.1 Å². The predicted octanol–water partition coefficient (Wildman–Crippen LogP) is 6.14. The van der Waals surface area contributed by atoms with E-state index in [0.717, 1.165) is 0 Å². The highest BCUT2D eigenvalue weighted by molar-refractivity contribution is 9.11. The van der Waals surface area contributed by atoms with Crippen LogP contribution in [0.4, 0.5) is 10.1 Å². The molecule has 166 valence electrons. The van der Waals surface area contributed by atoms with Crippen LogP contribution in [0.5, 0.6) is 17.2 Å². The van der Waals surface area contributed by atoms with Gasteiger partial charge in [-0.2, -0.15) is 0 Å². The second-order valence-electron chi connectivity index (χ2n) is 6.74. The Labute approximate surface area is 200 Å². The van der Waals surface area contributed by atoms with E-state index >= 15 is 0 Å². The molecular weight excluding hydrogens is 549 g/mol. The third-order valence-electron chi connectivity index (χ3n) is 4.54. The molecule has 0 saturated heterocycles. The first-order chi connectivity index (χ1) is 15.2. The van der Waals surface area contributed by atoms with E-state index in [0.29, 0.717) is 20.3 Å². The number of aliphatic carboxylic acids is 1. The van der Waals surface area contributed by atoms with E-state index in [2.05, 4.69) is 31.9 Å². The zero-order chi connectivity index (χ0) is 23.4. The van der Waals surface area contributed by atoms with Gasteiger partial charge in [-0.3, -0.25) is 9.59 Å². The topological polar surface area (TPSA) is 87.1 Å². The van der Waals surface area contributed by atoms with Crippen LogP contribution in [0.1, 0.15) is 22.8 Å². The number of nitrogens with zero attached hydrogens (tertiary/aromatic N) is 1. The predicted molar refractivity (Wildman–Crippen MR) is 125 cm³/mol. The molecule has 9 heteroatoms. The fraction of sp³-hybridized carbons (Fsp3) is 0.130. The van der Waals surface area contributed by atoms with Crippen molar-refractivity contribution in [2.45, 2.75) is 13.3 Å². The Hall–Kier alpha value is -2.91. The number of phenols is 1. The molecule has 3 aromatic carbocycles. The van der Waals surface area contributed by atoms with Crippen LogP contribution in [0.2, 0.25) is 0 Å². The van der Waals surface area contributed by atoms with Gasteiger partial charge in [0.15, 0.2) is 5.75 Å². The van der Waals surface area contributed by atoms with Crippen molar-refractivity contribution in [2.75, 3.05) is 11.4 Å². The van der Waals surface area contributed by atoms with Crippen molar-refractivity contribution in [1.29, 1.82) is 0 Å². The number of hydrogen-bond donors (Lipinski definition) is 2. The minimum absolute atomic E-state index is 0.0534. The normalized spacial score (nSPS) is 10.6. The minimum Gasteiger partial charge on any atom is -0.507 e. The SMILES string of the molecule is CCN(C(=O)c1cc(Oc2c(Br)cc(CC(=O)O)cc2Br)ccc1O)c1ccccc1F. The summed E-state index contributed by atoms with van der Waals surface area (Å²) in [7, 11) is 0. The Morgan fingerprint density at radius 3 is 2.31 bits per heavy atom. The maximum absolute atomic E-state index is 14.2. The molecule has 0 aliphatic rings. The fourth-order valence-corrected chi connectivity index (χ4v) is 4.54. The second-order valence-corrected chi connectivity index (χ2v) is 8.45. The first-order valence-electron chi connectivity index (χ1n) is 9.48. The first-order valence-corrected chi connectivity index (χ1v) is 11.1. The summed E-state index contributed by atoms with van der Waals surface area (Å²) in [6.07, 6.45) is -0.155. The molecule has 0 unspecified atom stereocenters. The maximum Gasteiger partial charge on any atom is 0.307 e. The van der Waals surface area contributed by atoms with Gasteiger partial charge in [-0.1, -0.05) is 12.1 Å². The number of carboxylic acid groups (broad SMARTS) is 1. The van der Waals surface area contributed by atoms with Gasteiger partial charge in [0.2, 0.25) is 0 Å². The zero-order valence-corrected chi connectivity index (χ0v) is 20.0. The Bertz CT molecular complexity index is 1160. The summed E-state index contributed by atoms with van der Waals surface area (Å²) in [5.74, 6) is -1.76. The van der Waals surface area contributed by atoms with Crippen LogP contribution < -0.4 is 9.64 Å². The van der Waals surface area contributed by atoms with Gasteiger partial charge in [0.05, 0.1) is 26.6 Å². The van der Waals surface area contributed by atoms with Crippen molar-refractivity contribution < 1.29 is 28.9 Å². The molecule has 3 aromatic rings. The number of carboxylic acids is 1. The van der Waals surface area contributed by atoms with E-state index in [1.165, 1.54) is 41.3 Å². The maximum atomic E-state index is 14.2. The lowest BCUT2D eigenvalue weighted by atomic mass is 10.1. The zero-order valence-electron chi connectivity index (χ0n) is 16.8. The van der Waals surface area contributed by atoms with Crippen LogP contribution >= 0.6 is 31.9 Å². The molecule has 2 N–H and O–H groups in total. The summed E-state index contributed by atoms with van der Waals surface area (Å²) in [5, 5.41) is 19.3. The number of halogens is 3. The average molecular weight is 567 g/mol. The van der Waals surface area contributed by atoms with Gasteiger partial charge in [-0.05, 0) is 86.8 Å². The van der Waals surface area contributed by atoms with Gasteiger partial charge in [0.1, 0.15) is 17.3 Å². The number of carbonyl (C=O) groups is 2. The van der Waals surface area contributed by atoms with Crippen LogP contribution in [0.3, 0.4) is 0 Å². The van der Waals surface area contributed by atoms with Gasteiger partial charge < -0.3 is 19.8 Å². The number of benzene rings is 3. The summed E-state index contributed by atoms with van der Waals surface area (Å²) in [5.41, 5.74) is 0.612. The largest absolute Gasteiger partial charge is 0.507 e. The molecule has 0 saturated carbocycles. The van der Waals surface area contributed by atoms with E-state index < -0.39 is 17.7 Å². The Kier molecular flexibility index (Phi) is 7.52. The molecule has 0 bridgehead atoms. The fourth-order valence-electron chi connectivity index (χ4n) is 3.09. The van der Waals surface area contributed by atoms with Crippen molar-refractivity contribution >= 4 is 49.4 Å². The number of phenolic OH excluding ortho intramolecular Hbond substituents is 1. The van der Waals surface area contributed by atoms with Gasteiger partial charge >= 0.3 is 5.97 Å². The van der Waals surface area contributed by atoms with Gasteiger partial charge in [-0.15, -0.1) is 0 Å². The smallest absolute Gasteiger partial charge is 0.307 e. The number of anilines is 1. The van der Waals surface area contributed by atoms with Crippen molar-refractivity contribution in [3.05, 3.63) is 80.5 Å². The number of amides is 1. The third kappa shape index (κ3) is 5.28. The molecule has 3 rings (SSSR count). The monoisotopic (exact) mass is 565 g/mol. The molecule has 0 spiro atoms. The highest BCUT2D eigenvalue weighted by atomic mass is 79.9. The summed E-state index contributed by atoms with van der Waals surface area (Å²) < 4.78 is 21.1. The molecule has 0 radical (unpaired) electrons. The van der Waals surface area contributed by atoms with Crippen molar-refractivity contribution in [2.24, 2.45) is 0 Å². The van der Waals surface area contributed by atoms with Crippen LogP contribution in [0.25, 0.3) is 0 Å². The van der Waals surface area contributed by atoms with Crippen LogP contribution in [0.15, 0.2) is 63.5 Å². The summed E-state index contributed by atoms with van der Waals surface area (Å²) >= 11 is 6.73. The quantitative estimate of drug-likeness (QED) is 0.358. The second kappa shape index (κ2) is 10.1. The Morgan fingerprint density at radius 2 is 1.72 bits per heavy atom. The van der Waals surface area contributed by atoms with E-state index in [-0.39, 0.29) is 35.7 Å². The lowest BCUT2D eigenvalue weighted by Gasteiger charge is -2.22. The number of carbonyl (C=O) groups excluding carboxylic acids is 1. The first kappa shape index (κ1) is 23.7. The Morgan fingerprint density at radius 1 is 1.06 bits per heavy atom. The van der Waals surface area contributed by atoms with Gasteiger partial charge in [0, 0.05) is 6.54 Å². The molecule has 1 amide bonds. The van der Waals surface area contributed by atoms with Gasteiger partial charge in [0.25, 0.3) is 5.91 Å². The molecule has 0 aliphatic carbocycles. The molecule has 0 fully saturated rings. The van der Waals surface area contributed by atoms with Crippen molar-refractivity contribution in [3.8, 4) is 17.2 Å². The summed E-state index contributed by atoms with van der Waals surface area (Å²) in [6.45, 7) is 1.89. The molecule has 0 aromatic heterocycles. The molecule has 0 aliphatic heterocycles. The van der Waals surface area contributed by atoms with Crippen LogP contribution in [-0.2, 0) is 11.2 Å². The highest BCUT2D eigenvalue weighted by Crippen LogP contribution is 2.39. The van der Waals surface area contributed by atoms with E-state index in [1.807, 2.05) is 0 Å². The van der Waals surface area contributed by atoms with E-state index in [9.17, 15) is 19.1 Å². The van der Waals surface area contributed by atoms with Crippen molar-refractivity contribution in [3.63, 3.8) is 0 Å². The van der Waals surface area contributed by atoms with E-state index in [4.69, 9.17) is 9.84 Å². The standard InChI is InChI=1S/C23H18Br2FNO5/c1-2-27(19-6-4-3-5-18(19)26)23(31)15-12-14(7-8-20(15)28)32-22-16(24)9-13(10-17(22)25)11-21(29)30/h3-10,12,28H,2,11H2,1H3,(H,29,30).